The number of fused-ring (bicyclic) bond motifs is 1. The number of alkyl halides is 3. The van der Waals surface area contributed by atoms with Crippen molar-refractivity contribution in [2.24, 2.45) is 0 Å². The molecule has 0 bridgehead atoms. The summed E-state index contributed by atoms with van der Waals surface area (Å²) in [5, 5.41) is 8.79. The van der Waals surface area contributed by atoms with E-state index in [0.717, 1.165) is 23.9 Å². The highest BCUT2D eigenvalue weighted by molar-refractivity contribution is 7.90. The first-order valence-corrected chi connectivity index (χ1v) is 16.9. The Morgan fingerprint density at radius 3 is 2.60 bits per heavy atom. The second-order valence-electron chi connectivity index (χ2n) is 11.7. The van der Waals surface area contributed by atoms with Crippen molar-refractivity contribution < 1.29 is 40.6 Å². The fourth-order valence-electron chi connectivity index (χ4n) is 5.79. The molecule has 2 heterocycles. The van der Waals surface area contributed by atoms with Gasteiger partial charge in [0, 0.05) is 38.1 Å². The zero-order chi connectivity index (χ0) is 33.9. The number of hydrogen-bond donors (Lipinski definition) is 3. The second-order valence-corrected chi connectivity index (χ2v) is 13.8. The number of hydrogen-bond acceptors (Lipinski definition) is 11. The fraction of sp³-hybridized carbons (Fsp3) is 0.452. The van der Waals surface area contributed by atoms with Gasteiger partial charge >= 0.3 is 6.18 Å². The number of benzene rings is 2. The number of carbonyl (C=O) groups excluding carboxylic acids is 1. The largest absolute Gasteiger partial charge is 0.495 e. The molecular weight excluding hydrogens is 641 g/mol. The summed E-state index contributed by atoms with van der Waals surface area (Å²) in [6.07, 6.45) is -3.28. The Labute approximate surface area is 270 Å². The first-order valence-electron chi connectivity index (χ1n) is 14.8. The molecule has 1 amide bonds. The Hall–Kier alpha value is -3.99. The lowest BCUT2D eigenvalue weighted by Crippen LogP contribution is -2.53. The number of amides is 1. The highest BCUT2D eigenvalue weighted by Gasteiger charge is 2.40. The molecule has 0 saturated carbocycles. The van der Waals surface area contributed by atoms with Crippen LogP contribution in [-0.4, -0.2) is 93.9 Å². The summed E-state index contributed by atoms with van der Waals surface area (Å²) in [7, 11) is 1.54. The molecule has 3 aromatic rings. The molecule has 254 valence electrons. The summed E-state index contributed by atoms with van der Waals surface area (Å²) in [5.41, 5.74) is 0.955. The zero-order valence-electron chi connectivity index (χ0n) is 26.3. The maximum Gasteiger partial charge on any atom is 0.423 e. The molecule has 47 heavy (non-hydrogen) atoms. The van der Waals surface area contributed by atoms with Crippen LogP contribution >= 0.6 is 0 Å². The van der Waals surface area contributed by atoms with E-state index in [-0.39, 0.29) is 36.2 Å². The average Bonchev–Trinajstić information content (AvgIpc) is 3.36. The first-order chi connectivity index (χ1) is 22.3. The van der Waals surface area contributed by atoms with Gasteiger partial charge in [0.1, 0.15) is 17.4 Å². The molecule has 16 heteroatoms. The Balaban J connectivity index is 1.37. The molecule has 2 aliphatic rings. The fourth-order valence-corrected chi connectivity index (χ4v) is 6.27. The van der Waals surface area contributed by atoms with E-state index in [1.807, 2.05) is 13.1 Å². The molecule has 1 aliphatic heterocycles. The number of piperidine rings is 1. The molecule has 0 spiro atoms. The molecule has 0 radical (unpaired) electrons. The van der Waals surface area contributed by atoms with E-state index < -0.39 is 45.5 Å². The molecule has 3 N–H and O–H groups in total. The van der Waals surface area contributed by atoms with Crippen LogP contribution in [0.15, 0.2) is 48.7 Å². The maximum absolute atomic E-state index is 14.1. The summed E-state index contributed by atoms with van der Waals surface area (Å²) in [4.78, 5) is 23.2. The van der Waals surface area contributed by atoms with Crippen LogP contribution < -0.4 is 25.4 Å². The Kier molecular flexibility index (Phi) is 10.2. The van der Waals surface area contributed by atoms with Crippen molar-refractivity contribution in [3.63, 3.8) is 0 Å². The van der Waals surface area contributed by atoms with Crippen molar-refractivity contribution in [1.29, 1.82) is 0 Å². The van der Waals surface area contributed by atoms with Gasteiger partial charge in [-0.3, -0.25) is 10.1 Å². The van der Waals surface area contributed by atoms with Crippen molar-refractivity contribution in [2.75, 3.05) is 51.8 Å². The average molecular weight is 679 g/mol. The van der Waals surface area contributed by atoms with Crippen molar-refractivity contribution in [3.8, 4) is 11.6 Å². The number of nitrogens with one attached hydrogen (secondary N) is 3. The van der Waals surface area contributed by atoms with Gasteiger partial charge < -0.3 is 29.7 Å². The van der Waals surface area contributed by atoms with Gasteiger partial charge in [-0.15, -0.1) is 0 Å². The third-order valence-corrected chi connectivity index (χ3v) is 8.85. The van der Waals surface area contributed by atoms with Gasteiger partial charge in [0.2, 0.25) is 11.8 Å². The monoisotopic (exact) mass is 678 g/mol. The SMILES string of the molecule is COc1cc(C(=O)N[C@H]2CCN(C)C[C@@H]2OC)ccc1Nc1ncc(C(F)(F)F)c(O[C@@H]2Cc3ccccc3[C@H]2NCS(C)(=O)=O)n1. The van der Waals surface area contributed by atoms with Gasteiger partial charge in [0.15, 0.2) is 9.84 Å². The quantitative estimate of drug-likeness (QED) is 0.275. The number of halogens is 3. The van der Waals surface area contributed by atoms with Gasteiger partial charge in [-0.2, -0.15) is 18.2 Å². The van der Waals surface area contributed by atoms with E-state index >= 15 is 0 Å². The van der Waals surface area contributed by atoms with Crippen molar-refractivity contribution in [2.45, 2.75) is 43.3 Å². The van der Waals surface area contributed by atoms with Crippen LogP contribution in [-0.2, 0) is 27.2 Å². The summed E-state index contributed by atoms with van der Waals surface area (Å²) in [6, 6.07) is 10.8. The topological polar surface area (TPSA) is 144 Å². The van der Waals surface area contributed by atoms with Crippen LogP contribution in [0.1, 0.15) is 39.5 Å². The van der Waals surface area contributed by atoms with Crippen LogP contribution in [0.2, 0.25) is 0 Å². The van der Waals surface area contributed by atoms with Crippen LogP contribution in [0.4, 0.5) is 24.8 Å². The van der Waals surface area contributed by atoms with Gasteiger partial charge in [0.05, 0.1) is 36.9 Å². The minimum atomic E-state index is -4.84. The van der Waals surface area contributed by atoms with E-state index in [1.54, 1.807) is 31.4 Å². The van der Waals surface area contributed by atoms with Gasteiger partial charge in [-0.05, 0) is 49.3 Å². The van der Waals surface area contributed by atoms with E-state index in [4.69, 9.17) is 14.2 Å². The lowest BCUT2D eigenvalue weighted by atomic mass is 10.0. The first kappa shape index (κ1) is 34.3. The van der Waals surface area contributed by atoms with Crippen LogP contribution in [0.3, 0.4) is 0 Å². The predicted molar refractivity (Wildman–Crippen MR) is 168 cm³/mol. The predicted octanol–water partition coefficient (Wildman–Crippen LogP) is 3.33. The Morgan fingerprint density at radius 1 is 1.13 bits per heavy atom. The molecule has 2 aromatic carbocycles. The van der Waals surface area contributed by atoms with Crippen LogP contribution in [0.5, 0.6) is 11.6 Å². The third-order valence-electron chi connectivity index (χ3n) is 8.16. The van der Waals surface area contributed by atoms with E-state index in [1.165, 1.54) is 19.2 Å². The molecule has 5 rings (SSSR count). The molecule has 1 aromatic heterocycles. The molecule has 4 atom stereocenters. The number of rotatable bonds is 11. The summed E-state index contributed by atoms with van der Waals surface area (Å²) >= 11 is 0. The molecule has 1 saturated heterocycles. The Morgan fingerprint density at radius 2 is 1.89 bits per heavy atom. The maximum atomic E-state index is 14.1. The summed E-state index contributed by atoms with van der Waals surface area (Å²) in [6.45, 7) is 1.49. The summed E-state index contributed by atoms with van der Waals surface area (Å²) < 4.78 is 82.9. The smallest absolute Gasteiger partial charge is 0.423 e. The number of likely N-dealkylation sites (tertiary alicyclic amines) is 1. The number of carbonyl (C=O) groups is 1. The van der Waals surface area contributed by atoms with Gasteiger partial charge in [-0.25, -0.2) is 13.4 Å². The lowest BCUT2D eigenvalue weighted by molar-refractivity contribution is -0.140. The highest BCUT2D eigenvalue weighted by Crippen LogP contribution is 2.40. The van der Waals surface area contributed by atoms with E-state index in [9.17, 15) is 26.4 Å². The standard InChI is InChI=1S/C31H37F3N6O6S/c1-40-12-11-23(26(16-40)45-3)37-28(41)19-9-10-22(24(14-19)44-2)38-30-35-15-21(31(32,33)34)29(39-30)46-25-13-18-7-5-6-8-20(18)27(25)36-17-47(4,42)43/h5-10,14-15,23,25-27,36H,11-13,16-17H2,1-4H3,(H,37,41)(H,35,38,39)/t23-,25+,26-,27+/m0/s1. The molecule has 1 aliphatic carbocycles. The van der Waals surface area contributed by atoms with Crippen LogP contribution in [0.25, 0.3) is 0 Å². The minimum Gasteiger partial charge on any atom is -0.495 e. The van der Waals surface area contributed by atoms with E-state index in [2.05, 4.69) is 30.8 Å². The normalized spacial score (nSPS) is 21.6. The number of anilines is 2. The van der Waals surface area contributed by atoms with Gasteiger partial charge in [0.25, 0.3) is 5.91 Å². The molecule has 12 nitrogen and oxygen atoms in total. The molecule has 1 fully saturated rings. The number of aromatic nitrogens is 2. The number of sulfone groups is 1. The lowest BCUT2D eigenvalue weighted by Gasteiger charge is -2.36. The Bertz CT molecular complexity index is 1710. The number of nitrogens with zero attached hydrogens (tertiary/aromatic N) is 3. The molecule has 0 unspecified atom stereocenters. The van der Waals surface area contributed by atoms with Crippen LogP contribution in [0, 0.1) is 0 Å². The number of likely N-dealkylation sites (N-methyl/N-ethyl adjacent to an activating group) is 1. The molecular formula is C31H37F3N6O6S. The van der Waals surface area contributed by atoms with E-state index in [0.29, 0.717) is 30.4 Å². The minimum absolute atomic E-state index is 0.169. The highest BCUT2D eigenvalue weighted by atomic mass is 32.2. The second kappa shape index (κ2) is 14.0. The number of methoxy groups -OCH3 is 2. The zero-order valence-corrected chi connectivity index (χ0v) is 27.1. The van der Waals surface area contributed by atoms with Gasteiger partial charge in [-0.1, -0.05) is 24.3 Å². The summed E-state index contributed by atoms with van der Waals surface area (Å²) in [5.74, 6) is -1.43. The van der Waals surface area contributed by atoms with Crippen molar-refractivity contribution in [3.05, 3.63) is 70.9 Å². The third kappa shape index (κ3) is 8.30. The van der Waals surface area contributed by atoms with Crippen molar-refractivity contribution in [1.82, 2.24) is 25.5 Å². The number of ether oxygens (including phenoxy) is 3. The van der Waals surface area contributed by atoms with Crippen molar-refractivity contribution >= 4 is 27.4 Å².